The van der Waals surface area contributed by atoms with E-state index in [9.17, 15) is 23.1 Å². The van der Waals surface area contributed by atoms with Crippen LogP contribution in [0.5, 0.6) is 0 Å². The normalized spacial score (nSPS) is 13.9. The Balaban J connectivity index is 1.94. The molecule has 0 aliphatic heterocycles. The summed E-state index contributed by atoms with van der Waals surface area (Å²) in [6, 6.07) is 12.2. The molecule has 3 N–H and O–H groups in total. The fourth-order valence-corrected chi connectivity index (χ4v) is 2.44. The summed E-state index contributed by atoms with van der Waals surface area (Å²) >= 11 is 5.72. The predicted molar refractivity (Wildman–Crippen MR) is 92.9 cm³/mol. The van der Waals surface area contributed by atoms with Gasteiger partial charge >= 0.3 is 6.18 Å². The van der Waals surface area contributed by atoms with Crippen molar-refractivity contribution < 1.29 is 23.1 Å². The minimum absolute atomic E-state index is 0.0623. The second-order valence-electron chi connectivity index (χ2n) is 5.67. The van der Waals surface area contributed by atoms with Gasteiger partial charge in [0.2, 0.25) is 0 Å². The van der Waals surface area contributed by atoms with Gasteiger partial charge in [-0.25, -0.2) is 0 Å². The molecule has 0 fully saturated rings. The van der Waals surface area contributed by atoms with Gasteiger partial charge < -0.3 is 10.4 Å². The summed E-state index contributed by atoms with van der Waals surface area (Å²) < 4.78 is 39.6. The van der Waals surface area contributed by atoms with Crippen molar-refractivity contribution in [1.29, 1.82) is 0 Å². The average Bonchev–Trinajstić information content (AvgIpc) is 2.60. The lowest BCUT2D eigenvalue weighted by Gasteiger charge is -2.26. The summed E-state index contributed by atoms with van der Waals surface area (Å²) in [5, 5.41) is 15.0. The topological polar surface area (TPSA) is 61.4 Å². The summed E-state index contributed by atoms with van der Waals surface area (Å²) in [7, 11) is 0. The van der Waals surface area contributed by atoms with Crippen LogP contribution in [-0.2, 0) is 6.54 Å². The van der Waals surface area contributed by atoms with Crippen LogP contribution in [0.2, 0.25) is 5.02 Å². The third-order valence-electron chi connectivity index (χ3n) is 3.68. The molecule has 8 heteroatoms. The Morgan fingerprint density at radius 1 is 1.08 bits per heavy atom. The first-order chi connectivity index (χ1) is 12.3. The van der Waals surface area contributed by atoms with Crippen LogP contribution in [0.25, 0.3) is 0 Å². The van der Waals surface area contributed by atoms with E-state index in [1.165, 1.54) is 24.3 Å². The van der Waals surface area contributed by atoms with Crippen molar-refractivity contribution in [1.82, 2.24) is 10.6 Å². The van der Waals surface area contributed by atoms with Gasteiger partial charge in [0.1, 0.15) is 6.04 Å². The number of alkyl halides is 3. The van der Waals surface area contributed by atoms with Gasteiger partial charge in [-0.3, -0.25) is 10.1 Å². The van der Waals surface area contributed by atoms with E-state index in [1.54, 1.807) is 30.3 Å². The van der Waals surface area contributed by atoms with Crippen LogP contribution in [0.4, 0.5) is 13.2 Å². The number of hydrogen-bond acceptors (Lipinski definition) is 3. The summed E-state index contributed by atoms with van der Waals surface area (Å²) in [4.78, 5) is 11.9. The zero-order chi connectivity index (χ0) is 19.2. The third kappa shape index (κ3) is 6.01. The highest BCUT2D eigenvalue weighted by Crippen LogP contribution is 2.23. The summed E-state index contributed by atoms with van der Waals surface area (Å²) in [6.07, 6.45) is -6.51. The SMILES string of the molecule is O=C(NC[C@H](O)[C@@H](NCc1ccccc1)C(F)(F)F)c1ccc(Cl)cc1. The third-order valence-corrected chi connectivity index (χ3v) is 3.94. The van der Waals surface area contributed by atoms with E-state index in [-0.39, 0.29) is 12.1 Å². The molecular weight excluding hydrogens is 369 g/mol. The van der Waals surface area contributed by atoms with Crippen molar-refractivity contribution in [2.45, 2.75) is 24.9 Å². The number of carbonyl (C=O) groups is 1. The minimum atomic E-state index is -4.67. The van der Waals surface area contributed by atoms with E-state index in [1.807, 2.05) is 0 Å². The summed E-state index contributed by atoms with van der Waals surface area (Å²) in [5.74, 6) is -0.593. The number of hydrogen-bond donors (Lipinski definition) is 3. The van der Waals surface area contributed by atoms with Crippen molar-refractivity contribution in [2.24, 2.45) is 0 Å². The smallest absolute Gasteiger partial charge is 0.389 e. The number of benzene rings is 2. The van der Waals surface area contributed by atoms with Gasteiger partial charge in [0, 0.05) is 23.7 Å². The van der Waals surface area contributed by atoms with E-state index < -0.39 is 30.8 Å². The fraction of sp³-hybridized carbons (Fsp3) is 0.278. The van der Waals surface area contributed by atoms with Gasteiger partial charge in [-0.15, -0.1) is 0 Å². The fourth-order valence-electron chi connectivity index (χ4n) is 2.31. The molecule has 0 aliphatic carbocycles. The molecule has 0 heterocycles. The molecular formula is C18H18ClF3N2O2. The molecule has 1 amide bonds. The number of rotatable bonds is 7. The first kappa shape index (κ1) is 20.2. The quantitative estimate of drug-likeness (QED) is 0.685. The Labute approximate surface area is 154 Å². The Morgan fingerprint density at radius 2 is 1.69 bits per heavy atom. The molecule has 4 nitrogen and oxygen atoms in total. The van der Waals surface area contributed by atoms with Crippen LogP contribution in [0.3, 0.4) is 0 Å². The van der Waals surface area contributed by atoms with Gasteiger partial charge in [-0.2, -0.15) is 13.2 Å². The van der Waals surface area contributed by atoms with Gasteiger partial charge in [-0.1, -0.05) is 41.9 Å². The second kappa shape index (κ2) is 9.02. The highest BCUT2D eigenvalue weighted by Gasteiger charge is 2.44. The maximum Gasteiger partial charge on any atom is 0.406 e. The van der Waals surface area contributed by atoms with Crippen LogP contribution in [0.1, 0.15) is 15.9 Å². The maximum absolute atomic E-state index is 13.2. The number of nitrogens with one attached hydrogen (secondary N) is 2. The maximum atomic E-state index is 13.2. The Kier molecular flexibility index (Phi) is 7.02. The molecule has 2 rings (SSSR count). The number of amides is 1. The number of halogens is 4. The molecule has 0 bridgehead atoms. The van der Waals surface area contributed by atoms with Crippen molar-refractivity contribution in [2.75, 3.05) is 6.54 Å². The lowest BCUT2D eigenvalue weighted by molar-refractivity contribution is -0.177. The molecule has 0 unspecified atom stereocenters. The van der Waals surface area contributed by atoms with E-state index in [0.29, 0.717) is 10.6 Å². The zero-order valence-corrected chi connectivity index (χ0v) is 14.4. The lowest BCUT2D eigenvalue weighted by atomic mass is 10.1. The standard InChI is InChI=1S/C18H18ClF3N2O2/c19-14-8-6-13(7-9-14)17(26)24-11-15(25)16(18(20,21)22)23-10-12-4-2-1-3-5-12/h1-9,15-16,23,25H,10-11H2,(H,24,26)/t15-,16+/m0/s1. The molecule has 140 valence electrons. The minimum Gasteiger partial charge on any atom is -0.389 e. The highest BCUT2D eigenvalue weighted by atomic mass is 35.5. The number of carbonyl (C=O) groups excluding carboxylic acids is 1. The van der Waals surface area contributed by atoms with E-state index >= 15 is 0 Å². The second-order valence-corrected chi connectivity index (χ2v) is 6.11. The molecule has 0 spiro atoms. The molecule has 0 radical (unpaired) electrons. The van der Waals surface area contributed by atoms with Crippen LogP contribution in [0, 0.1) is 0 Å². The van der Waals surface area contributed by atoms with Gasteiger partial charge in [0.15, 0.2) is 0 Å². The highest BCUT2D eigenvalue weighted by molar-refractivity contribution is 6.30. The number of aliphatic hydroxyl groups is 1. The summed E-state index contributed by atoms with van der Waals surface area (Å²) in [6.45, 7) is -0.610. The first-order valence-corrected chi connectivity index (χ1v) is 8.21. The summed E-state index contributed by atoms with van der Waals surface area (Å²) in [5.41, 5.74) is 0.890. The van der Waals surface area contributed by atoms with Gasteiger partial charge in [0.05, 0.1) is 6.10 Å². The van der Waals surface area contributed by atoms with E-state index in [0.717, 1.165) is 0 Å². The Hall–Kier alpha value is -2.09. The van der Waals surface area contributed by atoms with E-state index in [4.69, 9.17) is 11.6 Å². The van der Waals surface area contributed by atoms with Crippen LogP contribution < -0.4 is 10.6 Å². The molecule has 26 heavy (non-hydrogen) atoms. The number of aliphatic hydroxyl groups excluding tert-OH is 1. The molecule has 2 atom stereocenters. The lowest BCUT2D eigenvalue weighted by Crippen LogP contribution is -2.54. The molecule has 2 aromatic carbocycles. The van der Waals surface area contributed by atoms with Crippen molar-refractivity contribution in [3.63, 3.8) is 0 Å². The molecule has 0 aromatic heterocycles. The molecule has 0 aliphatic rings. The predicted octanol–water partition coefficient (Wildman–Crippen LogP) is 3.15. The molecule has 2 aromatic rings. The van der Waals surface area contributed by atoms with Crippen LogP contribution >= 0.6 is 11.6 Å². The van der Waals surface area contributed by atoms with Gasteiger partial charge in [0.25, 0.3) is 5.91 Å². The van der Waals surface area contributed by atoms with Crippen LogP contribution in [0.15, 0.2) is 54.6 Å². The van der Waals surface area contributed by atoms with Crippen molar-refractivity contribution in [3.8, 4) is 0 Å². The Morgan fingerprint density at radius 3 is 2.27 bits per heavy atom. The first-order valence-electron chi connectivity index (χ1n) is 7.83. The van der Waals surface area contributed by atoms with Gasteiger partial charge in [-0.05, 0) is 29.8 Å². The van der Waals surface area contributed by atoms with E-state index in [2.05, 4.69) is 10.6 Å². The van der Waals surface area contributed by atoms with Crippen molar-refractivity contribution >= 4 is 17.5 Å². The molecule has 0 saturated carbocycles. The average molecular weight is 387 g/mol. The molecule has 0 saturated heterocycles. The van der Waals surface area contributed by atoms with Crippen molar-refractivity contribution in [3.05, 3.63) is 70.7 Å². The Bertz CT molecular complexity index is 709. The monoisotopic (exact) mass is 386 g/mol. The largest absolute Gasteiger partial charge is 0.406 e. The van der Waals surface area contributed by atoms with Crippen LogP contribution in [-0.4, -0.2) is 35.9 Å². The zero-order valence-electron chi connectivity index (χ0n) is 13.6.